The largest absolute Gasteiger partial charge is 0.339 e. The van der Waals surface area contributed by atoms with E-state index in [2.05, 4.69) is 9.88 Å². The minimum atomic E-state index is -0.144. The number of pyridine rings is 1. The van der Waals surface area contributed by atoms with E-state index in [0.717, 1.165) is 31.0 Å². The normalized spacial score (nSPS) is 17.8. The first-order chi connectivity index (χ1) is 14.1. The lowest BCUT2D eigenvalue weighted by atomic mass is 10.2. The molecule has 2 aliphatic rings. The van der Waals surface area contributed by atoms with Gasteiger partial charge in [-0.25, -0.2) is 4.79 Å². The van der Waals surface area contributed by atoms with Crippen molar-refractivity contribution in [3.63, 3.8) is 0 Å². The molecule has 2 aliphatic heterocycles. The zero-order valence-corrected chi connectivity index (χ0v) is 17.0. The number of piperazine rings is 1. The fourth-order valence-corrected chi connectivity index (χ4v) is 3.94. The summed E-state index contributed by atoms with van der Waals surface area (Å²) in [6.45, 7) is 4.98. The number of hydrogen-bond donors (Lipinski definition) is 0. The zero-order valence-electron chi connectivity index (χ0n) is 16.2. The molecule has 0 atom stereocenters. The van der Waals surface area contributed by atoms with Gasteiger partial charge in [0.15, 0.2) is 0 Å². The third-order valence-electron chi connectivity index (χ3n) is 5.38. The molecule has 0 saturated carbocycles. The van der Waals surface area contributed by atoms with Gasteiger partial charge in [0, 0.05) is 62.7 Å². The second kappa shape index (κ2) is 8.80. The van der Waals surface area contributed by atoms with Crippen molar-refractivity contribution in [1.82, 2.24) is 19.7 Å². The van der Waals surface area contributed by atoms with Crippen LogP contribution in [0.3, 0.4) is 0 Å². The predicted molar refractivity (Wildman–Crippen MR) is 112 cm³/mol. The Labute approximate surface area is 175 Å². The van der Waals surface area contributed by atoms with Crippen LogP contribution >= 0.6 is 11.6 Å². The van der Waals surface area contributed by atoms with Gasteiger partial charge >= 0.3 is 6.03 Å². The molecule has 0 bridgehead atoms. The quantitative estimate of drug-likeness (QED) is 0.754. The van der Waals surface area contributed by atoms with E-state index in [-0.39, 0.29) is 18.5 Å². The maximum absolute atomic E-state index is 12.7. The van der Waals surface area contributed by atoms with Gasteiger partial charge < -0.3 is 9.80 Å². The molecule has 1 aromatic heterocycles. The Bertz CT molecular complexity index is 870. The van der Waals surface area contributed by atoms with Gasteiger partial charge in [0.1, 0.15) is 6.54 Å². The van der Waals surface area contributed by atoms with Crippen LogP contribution in [0.15, 0.2) is 48.7 Å². The van der Waals surface area contributed by atoms with Crippen molar-refractivity contribution in [3.8, 4) is 0 Å². The van der Waals surface area contributed by atoms with Crippen LogP contribution in [-0.2, 0) is 11.3 Å². The third-order valence-corrected chi connectivity index (χ3v) is 5.61. The van der Waals surface area contributed by atoms with Gasteiger partial charge in [0.2, 0.25) is 5.91 Å². The number of carbonyl (C=O) groups excluding carboxylic acids is 2. The fraction of sp³-hybridized carbons (Fsp3) is 0.381. The minimum absolute atomic E-state index is 0.00350. The predicted octanol–water partition coefficient (Wildman–Crippen LogP) is 2.32. The van der Waals surface area contributed by atoms with Crippen LogP contribution in [0.1, 0.15) is 5.69 Å². The maximum Gasteiger partial charge on any atom is 0.325 e. The lowest BCUT2D eigenvalue weighted by Gasteiger charge is -2.35. The number of urea groups is 1. The highest BCUT2D eigenvalue weighted by atomic mass is 35.5. The third kappa shape index (κ3) is 4.68. The monoisotopic (exact) mass is 413 g/mol. The van der Waals surface area contributed by atoms with E-state index in [1.165, 1.54) is 0 Å². The second-order valence-corrected chi connectivity index (χ2v) is 7.75. The van der Waals surface area contributed by atoms with Gasteiger partial charge in [-0.15, -0.1) is 0 Å². The molecule has 0 spiro atoms. The number of amides is 3. The van der Waals surface area contributed by atoms with Gasteiger partial charge in [-0.1, -0.05) is 23.7 Å². The summed E-state index contributed by atoms with van der Waals surface area (Å²) < 4.78 is 0. The van der Waals surface area contributed by atoms with E-state index in [4.69, 9.17) is 11.6 Å². The van der Waals surface area contributed by atoms with Crippen molar-refractivity contribution in [2.45, 2.75) is 6.54 Å². The highest BCUT2D eigenvalue weighted by Gasteiger charge is 2.32. The highest BCUT2D eigenvalue weighted by Crippen LogP contribution is 2.23. The van der Waals surface area contributed by atoms with E-state index in [1.807, 2.05) is 35.2 Å². The number of aromatic nitrogens is 1. The van der Waals surface area contributed by atoms with Crippen LogP contribution in [0, 0.1) is 0 Å². The van der Waals surface area contributed by atoms with Crippen LogP contribution in [0.2, 0.25) is 5.02 Å². The van der Waals surface area contributed by atoms with Crippen LogP contribution in [0.25, 0.3) is 0 Å². The van der Waals surface area contributed by atoms with Crippen molar-refractivity contribution in [2.24, 2.45) is 0 Å². The second-order valence-electron chi connectivity index (χ2n) is 7.31. The summed E-state index contributed by atoms with van der Waals surface area (Å²) in [7, 11) is 0. The first kappa shape index (κ1) is 19.7. The summed E-state index contributed by atoms with van der Waals surface area (Å²) in [5, 5.41) is 0.591. The van der Waals surface area contributed by atoms with Gasteiger partial charge in [-0.2, -0.15) is 0 Å². The molecule has 0 unspecified atom stereocenters. The minimum Gasteiger partial charge on any atom is -0.339 e. The molecule has 2 saturated heterocycles. The Morgan fingerprint density at radius 3 is 2.55 bits per heavy atom. The average molecular weight is 414 g/mol. The Balaban J connectivity index is 1.27. The molecule has 8 heteroatoms. The maximum atomic E-state index is 12.7. The Morgan fingerprint density at radius 1 is 1.00 bits per heavy atom. The van der Waals surface area contributed by atoms with Crippen molar-refractivity contribution < 1.29 is 9.59 Å². The highest BCUT2D eigenvalue weighted by molar-refractivity contribution is 6.30. The SMILES string of the molecule is O=C(CN1CCN(c2cccc(Cl)c2)C1=O)N1CCN(Cc2ccccn2)CC1. The molecule has 0 N–H and O–H groups in total. The van der Waals surface area contributed by atoms with E-state index >= 15 is 0 Å². The first-order valence-corrected chi connectivity index (χ1v) is 10.2. The van der Waals surface area contributed by atoms with E-state index in [1.54, 1.807) is 28.1 Å². The van der Waals surface area contributed by atoms with Crippen LogP contribution in [-0.4, -0.2) is 77.4 Å². The topological polar surface area (TPSA) is 60.0 Å². The molecule has 3 amide bonds. The van der Waals surface area contributed by atoms with Crippen LogP contribution in [0.4, 0.5) is 10.5 Å². The molecule has 7 nitrogen and oxygen atoms in total. The number of carbonyl (C=O) groups is 2. The number of hydrogen-bond acceptors (Lipinski definition) is 4. The number of benzene rings is 1. The van der Waals surface area contributed by atoms with E-state index < -0.39 is 0 Å². The Hall–Kier alpha value is -2.64. The van der Waals surface area contributed by atoms with Gasteiger partial charge in [0.05, 0.1) is 5.69 Å². The van der Waals surface area contributed by atoms with Crippen LogP contribution in [0.5, 0.6) is 0 Å². The van der Waals surface area contributed by atoms with Crippen molar-refractivity contribution >= 4 is 29.2 Å². The standard InChI is InChI=1S/C21H24ClN5O2/c22-17-4-3-6-19(14-17)27-13-12-26(21(27)29)16-20(28)25-10-8-24(9-11-25)15-18-5-1-2-7-23-18/h1-7,14H,8-13,15-16H2. The lowest BCUT2D eigenvalue weighted by molar-refractivity contribution is -0.133. The smallest absolute Gasteiger partial charge is 0.325 e. The molecular formula is C21H24ClN5O2. The average Bonchev–Trinajstić information content (AvgIpc) is 3.09. The number of nitrogens with zero attached hydrogens (tertiary/aromatic N) is 5. The van der Waals surface area contributed by atoms with Crippen molar-refractivity contribution in [3.05, 3.63) is 59.4 Å². The summed E-state index contributed by atoms with van der Waals surface area (Å²) >= 11 is 6.04. The molecule has 3 heterocycles. The molecule has 0 aliphatic carbocycles. The summed E-state index contributed by atoms with van der Waals surface area (Å²) in [5.74, 6) is 0.00350. The summed E-state index contributed by atoms with van der Waals surface area (Å²) in [4.78, 5) is 37.2. The molecule has 29 heavy (non-hydrogen) atoms. The molecular weight excluding hydrogens is 390 g/mol. The van der Waals surface area contributed by atoms with Crippen LogP contribution < -0.4 is 4.90 Å². The van der Waals surface area contributed by atoms with Gasteiger partial charge in [0.25, 0.3) is 0 Å². The molecule has 2 aromatic rings. The van der Waals surface area contributed by atoms with E-state index in [0.29, 0.717) is 31.2 Å². The Morgan fingerprint density at radius 2 is 1.83 bits per heavy atom. The van der Waals surface area contributed by atoms with Gasteiger partial charge in [-0.05, 0) is 30.3 Å². The zero-order chi connectivity index (χ0) is 20.2. The Kier molecular flexibility index (Phi) is 5.97. The van der Waals surface area contributed by atoms with Crippen molar-refractivity contribution in [1.29, 1.82) is 0 Å². The summed E-state index contributed by atoms with van der Waals surface area (Å²) in [6.07, 6.45) is 1.80. The molecule has 152 valence electrons. The summed E-state index contributed by atoms with van der Waals surface area (Å²) in [5.41, 5.74) is 1.80. The summed E-state index contributed by atoms with van der Waals surface area (Å²) in [6, 6.07) is 13.0. The van der Waals surface area contributed by atoms with Crippen molar-refractivity contribution in [2.75, 3.05) is 50.7 Å². The number of halogens is 1. The van der Waals surface area contributed by atoms with E-state index in [9.17, 15) is 9.59 Å². The first-order valence-electron chi connectivity index (χ1n) is 9.82. The number of anilines is 1. The molecule has 0 radical (unpaired) electrons. The molecule has 2 fully saturated rings. The number of rotatable bonds is 5. The van der Waals surface area contributed by atoms with Gasteiger partial charge in [-0.3, -0.25) is 19.6 Å². The lowest BCUT2D eigenvalue weighted by Crippen LogP contribution is -2.51. The molecule has 4 rings (SSSR count). The fourth-order valence-electron chi connectivity index (χ4n) is 3.75. The molecule has 1 aromatic carbocycles.